The molecule has 1 aromatic carbocycles. The number of aromatic carboxylic acids is 1. The molecule has 122 valence electrons. The quantitative estimate of drug-likeness (QED) is 0.600. The second-order valence-corrected chi connectivity index (χ2v) is 5.48. The molecule has 0 saturated carbocycles. The molecule has 0 aliphatic rings. The van der Waals surface area contributed by atoms with Gasteiger partial charge in [-0.3, -0.25) is 4.79 Å². The highest BCUT2D eigenvalue weighted by atomic mass is 16.4. The smallest absolute Gasteiger partial charge is 0.335 e. The van der Waals surface area contributed by atoms with E-state index in [9.17, 15) is 9.59 Å². The molecule has 7 heteroatoms. The van der Waals surface area contributed by atoms with Crippen LogP contribution < -0.4 is 5.56 Å². The number of nitrogens with zero attached hydrogens (tertiary/aromatic N) is 3. The second-order valence-electron chi connectivity index (χ2n) is 5.48. The van der Waals surface area contributed by atoms with Gasteiger partial charge < -0.3 is 10.1 Å². The Labute approximate surface area is 141 Å². The molecule has 3 heterocycles. The van der Waals surface area contributed by atoms with Crippen molar-refractivity contribution in [2.45, 2.75) is 0 Å². The average Bonchev–Trinajstić information content (AvgIpc) is 3.11. The molecule has 0 fully saturated rings. The number of rotatable bonds is 3. The number of fused-ring (bicyclic) bond motifs is 1. The van der Waals surface area contributed by atoms with E-state index in [1.54, 1.807) is 47.5 Å². The largest absolute Gasteiger partial charge is 0.478 e. The second kappa shape index (κ2) is 5.72. The first kappa shape index (κ1) is 14.8. The molecule has 0 aliphatic heterocycles. The van der Waals surface area contributed by atoms with Gasteiger partial charge in [0.05, 0.1) is 23.0 Å². The number of carboxylic acids is 1. The van der Waals surface area contributed by atoms with Crippen LogP contribution in [-0.2, 0) is 0 Å². The molecular formula is C18H12N4O3. The molecule has 25 heavy (non-hydrogen) atoms. The molecule has 0 aliphatic carbocycles. The predicted molar refractivity (Wildman–Crippen MR) is 91.9 cm³/mol. The summed E-state index contributed by atoms with van der Waals surface area (Å²) in [5.41, 5.74) is 2.35. The summed E-state index contributed by atoms with van der Waals surface area (Å²) in [6, 6.07) is 11.8. The van der Waals surface area contributed by atoms with Crippen LogP contribution in [0.2, 0.25) is 0 Å². The minimum absolute atomic E-state index is 0.203. The Hall–Kier alpha value is -3.74. The van der Waals surface area contributed by atoms with Gasteiger partial charge in [0.15, 0.2) is 0 Å². The van der Waals surface area contributed by atoms with Gasteiger partial charge in [0.2, 0.25) is 0 Å². The van der Waals surface area contributed by atoms with Gasteiger partial charge >= 0.3 is 5.97 Å². The Morgan fingerprint density at radius 2 is 1.96 bits per heavy atom. The van der Waals surface area contributed by atoms with Crippen LogP contribution in [0, 0.1) is 0 Å². The fourth-order valence-electron chi connectivity index (χ4n) is 2.61. The first-order chi connectivity index (χ1) is 12.1. The third kappa shape index (κ3) is 2.67. The van der Waals surface area contributed by atoms with Gasteiger partial charge in [-0.1, -0.05) is 0 Å². The number of carbonyl (C=O) groups is 1. The maximum Gasteiger partial charge on any atom is 0.335 e. The van der Waals surface area contributed by atoms with Crippen molar-refractivity contribution in [3.63, 3.8) is 0 Å². The molecule has 0 bridgehead atoms. The number of hydrogen-bond donors (Lipinski definition) is 2. The van der Waals surface area contributed by atoms with Crippen LogP contribution in [0.5, 0.6) is 0 Å². The van der Waals surface area contributed by atoms with Gasteiger partial charge in [0, 0.05) is 23.3 Å². The number of hydrogen-bond acceptors (Lipinski definition) is 4. The Morgan fingerprint density at radius 3 is 2.72 bits per heavy atom. The summed E-state index contributed by atoms with van der Waals surface area (Å²) in [4.78, 5) is 30.1. The fraction of sp³-hybridized carbons (Fsp3) is 0. The van der Waals surface area contributed by atoms with E-state index in [1.165, 1.54) is 12.1 Å². The number of benzene rings is 1. The van der Waals surface area contributed by atoms with Gasteiger partial charge in [0.25, 0.3) is 5.56 Å². The highest BCUT2D eigenvalue weighted by Crippen LogP contribution is 2.20. The van der Waals surface area contributed by atoms with E-state index in [1.807, 2.05) is 6.07 Å². The summed E-state index contributed by atoms with van der Waals surface area (Å²) >= 11 is 0. The molecule has 2 N–H and O–H groups in total. The molecule has 0 atom stereocenters. The molecule has 7 nitrogen and oxygen atoms in total. The molecule has 0 saturated heterocycles. The van der Waals surface area contributed by atoms with Crippen LogP contribution in [-0.4, -0.2) is 30.8 Å². The lowest BCUT2D eigenvalue weighted by molar-refractivity contribution is 0.0697. The minimum Gasteiger partial charge on any atom is -0.478 e. The first-order valence-corrected chi connectivity index (χ1v) is 7.49. The standard InChI is InChI=1S/C18H12N4O3/c23-17-15(8-12-2-1-7-19-16(12)21-17)13-9-20-22(10-13)14-5-3-11(4-6-14)18(24)25/h1-10H,(H,24,25)(H,19,21,23). The zero-order valence-corrected chi connectivity index (χ0v) is 12.9. The maximum atomic E-state index is 12.3. The fourth-order valence-corrected chi connectivity index (χ4v) is 2.61. The summed E-state index contributed by atoms with van der Waals surface area (Å²) in [5, 5.41) is 14.0. The van der Waals surface area contributed by atoms with Gasteiger partial charge in [-0.15, -0.1) is 0 Å². The van der Waals surface area contributed by atoms with E-state index in [4.69, 9.17) is 5.11 Å². The highest BCUT2D eigenvalue weighted by Gasteiger charge is 2.10. The lowest BCUT2D eigenvalue weighted by Crippen LogP contribution is -2.08. The topological polar surface area (TPSA) is 101 Å². The van der Waals surface area contributed by atoms with Crippen LogP contribution >= 0.6 is 0 Å². The molecule has 4 aromatic rings. The third-order valence-electron chi connectivity index (χ3n) is 3.89. The lowest BCUT2D eigenvalue weighted by atomic mass is 10.1. The van der Waals surface area contributed by atoms with Crippen molar-refractivity contribution < 1.29 is 9.90 Å². The molecule has 4 rings (SSSR count). The van der Waals surface area contributed by atoms with Crippen molar-refractivity contribution in [1.82, 2.24) is 19.7 Å². The molecule has 0 unspecified atom stereocenters. The number of H-pyrrole nitrogens is 1. The summed E-state index contributed by atoms with van der Waals surface area (Å²) in [6.45, 7) is 0. The van der Waals surface area contributed by atoms with Gasteiger partial charge in [-0.25, -0.2) is 14.5 Å². The zero-order chi connectivity index (χ0) is 17.4. The molecule has 3 aromatic heterocycles. The van der Waals surface area contributed by atoms with Gasteiger partial charge in [-0.2, -0.15) is 5.10 Å². The monoisotopic (exact) mass is 332 g/mol. The average molecular weight is 332 g/mol. The van der Waals surface area contributed by atoms with Crippen molar-refractivity contribution in [1.29, 1.82) is 0 Å². The minimum atomic E-state index is -0.982. The Morgan fingerprint density at radius 1 is 1.16 bits per heavy atom. The van der Waals surface area contributed by atoms with E-state index in [-0.39, 0.29) is 11.1 Å². The van der Waals surface area contributed by atoms with Crippen molar-refractivity contribution in [2.75, 3.05) is 0 Å². The van der Waals surface area contributed by atoms with Crippen LogP contribution in [0.15, 0.2) is 65.8 Å². The summed E-state index contributed by atoms with van der Waals surface area (Å²) in [6.07, 6.45) is 4.94. The molecule has 0 radical (unpaired) electrons. The van der Waals surface area contributed by atoms with Gasteiger partial charge in [-0.05, 0) is 42.5 Å². The predicted octanol–water partition coefficient (Wildman–Crippen LogP) is 2.47. The van der Waals surface area contributed by atoms with Crippen molar-refractivity contribution in [2.24, 2.45) is 0 Å². The molecular weight excluding hydrogens is 320 g/mol. The molecule has 0 amide bonds. The van der Waals surface area contributed by atoms with E-state index >= 15 is 0 Å². The Bertz CT molecular complexity index is 1140. The number of carboxylic acid groups (broad SMARTS) is 1. The van der Waals surface area contributed by atoms with Crippen molar-refractivity contribution in [3.05, 3.63) is 77.0 Å². The van der Waals surface area contributed by atoms with Crippen molar-refractivity contribution in [3.8, 4) is 16.8 Å². The lowest BCUT2D eigenvalue weighted by Gasteiger charge is -2.02. The van der Waals surface area contributed by atoms with E-state index in [0.29, 0.717) is 22.5 Å². The zero-order valence-electron chi connectivity index (χ0n) is 12.9. The van der Waals surface area contributed by atoms with Crippen LogP contribution in [0.4, 0.5) is 0 Å². The normalized spacial score (nSPS) is 10.9. The van der Waals surface area contributed by atoms with E-state index in [0.717, 1.165) is 5.39 Å². The van der Waals surface area contributed by atoms with E-state index in [2.05, 4.69) is 15.1 Å². The highest BCUT2D eigenvalue weighted by molar-refractivity contribution is 5.87. The first-order valence-electron chi connectivity index (χ1n) is 7.49. The summed E-state index contributed by atoms with van der Waals surface area (Å²) in [7, 11) is 0. The Balaban J connectivity index is 1.75. The third-order valence-corrected chi connectivity index (χ3v) is 3.89. The van der Waals surface area contributed by atoms with Crippen LogP contribution in [0.25, 0.3) is 27.8 Å². The van der Waals surface area contributed by atoms with E-state index < -0.39 is 5.97 Å². The summed E-state index contributed by atoms with van der Waals surface area (Å²) < 4.78 is 1.59. The molecule has 0 spiro atoms. The number of nitrogens with one attached hydrogen (secondary N) is 1. The SMILES string of the molecule is O=C(O)c1ccc(-n2cc(-c3cc4cccnc4[nH]c3=O)cn2)cc1. The van der Waals surface area contributed by atoms with Crippen LogP contribution in [0.1, 0.15) is 10.4 Å². The van der Waals surface area contributed by atoms with Crippen LogP contribution in [0.3, 0.4) is 0 Å². The number of aromatic nitrogens is 4. The summed E-state index contributed by atoms with van der Waals surface area (Å²) in [5.74, 6) is -0.982. The van der Waals surface area contributed by atoms with Crippen molar-refractivity contribution >= 4 is 17.0 Å². The van der Waals surface area contributed by atoms with Gasteiger partial charge in [0.1, 0.15) is 5.65 Å². The Kier molecular flexibility index (Phi) is 3.39. The number of pyridine rings is 2. The maximum absolute atomic E-state index is 12.3. The number of aromatic amines is 1.